The van der Waals surface area contributed by atoms with Crippen molar-refractivity contribution in [1.29, 1.82) is 0 Å². The minimum atomic E-state index is 0.555. The van der Waals surface area contributed by atoms with E-state index in [1.54, 1.807) is 6.20 Å². The van der Waals surface area contributed by atoms with Crippen LogP contribution in [0.4, 0.5) is 5.69 Å². The fourth-order valence-electron chi connectivity index (χ4n) is 1.57. The van der Waals surface area contributed by atoms with Crippen molar-refractivity contribution in [2.75, 3.05) is 12.3 Å². The molecule has 0 aliphatic rings. The molecule has 0 amide bonds. The first-order valence-corrected chi connectivity index (χ1v) is 5.67. The van der Waals surface area contributed by atoms with Crippen molar-refractivity contribution < 1.29 is 4.74 Å². The molecule has 0 aliphatic carbocycles. The normalized spacial score (nSPS) is 10.4. The molecule has 0 aliphatic heterocycles. The summed E-state index contributed by atoms with van der Waals surface area (Å²) in [5.74, 6) is 0. The van der Waals surface area contributed by atoms with Gasteiger partial charge >= 0.3 is 0 Å². The Morgan fingerprint density at radius 1 is 1.06 bits per heavy atom. The van der Waals surface area contributed by atoms with Crippen LogP contribution in [-0.4, -0.2) is 11.6 Å². The number of nitrogen functional groups attached to an aromatic ring is 1. The van der Waals surface area contributed by atoms with Crippen LogP contribution in [0.15, 0.2) is 48.7 Å². The number of hydrogen-bond acceptors (Lipinski definition) is 3. The van der Waals surface area contributed by atoms with Crippen LogP contribution < -0.4 is 5.73 Å². The Kier molecular flexibility index (Phi) is 4.11. The van der Waals surface area contributed by atoms with Crippen LogP contribution in [0.25, 0.3) is 0 Å². The van der Waals surface area contributed by atoms with Crippen molar-refractivity contribution >= 4 is 5.69 Å². The second kappa shape index (κ2) is 6.01. The number of nitrogens with zero attached hydrogens (tertiary/aromatic N) is 1. The van der Waals surface area contributed by atoms with Gasteiger partial charge in [-0.25, -0.2) is 0 Å². The second-order valence-electron chi connectivity index (χ2n) is 3.82. The smallest absolute Gasteiger partial charge is 0.0737 e. The molecule has 1 heterocycles. The zero-order valence-electron chi connectivity index (χ0n) is 9.67. The Morgan fingerprint density at radius 2 is 1.88 bits per heavy atom. The number of ether oxygens (including phenoxy) is 1. The molecular weight excluding hydrogens is 212 g/mol. The summed E-state index contributed by atoms with van der Waals surface area (Å²) < 4.78 is 5.58. The van der Waals surface area contributed by atoms with Gasteiger partial charge in [0.2, 0.25) is 0 Å². The zero-order valence-corrected chi connectivity index (χ0v) is 9.67. The lowest BCUT2D eigenvalue weighted by Gasteiger charge is -2.06. The molecule has 3 nitrogen and oxygen atoms in total. The number of pyridine rings is 1. The van der Waals surface area contributed by atoms with E-state index in [0.717, 1.165) is 23.4 Å². The molecule has 2 N–H and O–H groups in total. The first-order valence-electron chi connectivity index (χ1n) is 5.67. The molecule has 0 saturated carbocycles. The van der Waals surface area contributed by atoms with Crippen molar-refractivity contribution in [3.63, 3.8) is 0 Å². The highest BCUT2D eigenvalue weighted by Gasteiger charge is 1.98. The van der Waals surface area contributed by atoms with Crippen LogP contribution in [0, 0.1) is 0 Å². The number of aromatic nitrogens is 1. The van der Waals surface area contributed by atoms with E-state index in [4.69, 9.17) is 10.5 Å². The first kappa shape index (κ1) is 11.6. The van der Waals surface area contributed by atoms with Gasteiger partial charge in [-0.2, -0.15) is 0 Å². The third-order valence-corrected chi connectivity index (χ3v) is 2.54. The summed E-state index contributed by atoms with van der Waals surface area (Å²) in [6, 6.07) is 13.7. The monoisotopic (exact) mass is 228 g/mol. The molecule has 0 fully saturated rings. The highest BCUT2D eigenvalue weighted by molar-refractivity contribution is 5.45. The molecule has 0 unspecified atom stereocenters. The average Bonchev–Trinajstić information content (AvgIpc) is 2.38. The number of para-hydroxylation sites is 1. The van der Waals surface area contributed by atoms with Crippen molar-refractivity contribution in [1.82, 2.24) is 4.98 Å². The molecular formula is C14H16N2O. The van der Waals surface area contributed by atoms with Gasteiger partial charge in [0.05, 0.1) is 13.2 Å². The highest BCUT2D eigenvalue weighted by Crippen LogP contribution is 2.11. The van der Waals surface area contributed by atoms with E-state index >= 15 is 0 Å². The Bertz CT molecular complexity index is 457. The Hall–Kier alpha value is -1.87. The summed E-state index contributed by atoms with van der Waals surface area (Å²) in [4.78, 5) is 4.24. The largest absolute Gasteiger partial charge is 0.398 e. The third-order valence-electron chi connectivity index (χ3n) is 2.54. The van der Waals surface area contributed by atoms with E-state index in [1.807, 2.05) is 42.5 Å². The molecule has 17 heavy (non-hydrogen) atoms. The third kappa shape index (κ3) is 3.57. The number of rotatable bonds is 5. The fraction of sp³-hybridized carbons (Fsp3) is 0.214. The van der Waals surface area contributed by atoms with E-state index in [1.165, 1.54) is 0 Å². The molecule has 0 saturated heterocycles. The Balaban J connectivity index is 1.76. The van der Waals surface area contributed by atoms with Gasteiger partial charge in [-0.1, -0.05) is 24.3 Å². The maximum Gasteiger partial charge on any atom is 0.0737 e. The van der Waals surface area contributed by atoms with Crippen LogP contribution in [-0.2, 0) is 17.8 Å². The number of nitrogens with two attached hydrogens (primary N) is 1. The summed E-state index contributed by atoms with van der Waals surface area (Å²) in [5.41, 5.74) is 8.69. The molecule has 0 bridgehead atoms. The fourth-order valence-corrected chi connectivity index (χ4v) is 1.57. The molecule has 1 aromatic carbocycles. The van der Waals surface area contributed by atoms with Gasteiger partial charge in [0.25, 0.3) is 0 Å². The van der Waals surface area contributed by atoms with E-state index in [9.17, 15) is 0 Å². The average molecular weight is 228 g/mol. The van der Waals surface area contributed by atoms with Crippen LogP contribution in [0.1, 0.15) is 11.3 Å². The van der Waals surface area contributed by atoms with Gasteiger partial charge in [-0.3, -0.25) is 4.98 Å². The summed E-state index contributed by atoms with van der Waals surface area (Å²) in [6.07, 6.45) is 2.62. The van der Waals surface area contributed by atoms with Gasteiger partial charge < -0.3 is 10.5 Å². The topological polar surface area (TPSA) is 48.1 Å². The summed E-state index contributed by atoms with van der Waals surface area (Å²) in [7, 11) is 0. The van der Waals surface area contributed by atoms with Crippen LogP contribution in [0.2, 0.25) is 0 Å². The van der Waals surface area contributed by atoms with Crippen molar-refractivity contribution in [3.05, 3.63) is 59.9 Å². The van der Waals surface area contributed by atoms with Crippen LogP contribution >= 0.6 is 0 Å². The lowest BCUT2D eigenvalue weighted by molar-refractivity contribution is 0.123. The molecule has 0 radical (unpaired) electrons. The summed E-state index contributed by atoms with van der Waals surface area (Å²) >= 11 is 0. The van der Waals surface area contributed by atoms with Crippen LogP contribution in [0.3, 0.4) is 0 Å². The molecule has 1 aromatic heterocycles. The van der Waals surface area contributed by atoms with E-state index < -0.39 is 0 Å². The highest BCUT2D eigenvalue weighted by atomic mass is 16.5. The molecule has 0 spiro atoms. The van der Waals surface area contributed by atoms with Crippen molar-refractivity contribution in [2.45, 2.75) is 13.0 Å². The molecule has 88 valence electrons. The quantitative estimate of drug-likeness (QED) is 0.631. The van der Waals surface area contributed by atoms with Gasteiger partial charge in [0.15, 0.2) is 0 Å². The van der Waals surface area contributed by atoms with E-state index in [-0.39, 0.29) is 0 Å². The summed E-state index contributed by atoms with van der Waals surface area (Å²) in [5, 5.41) is 0. The maximum atomic E-state index is 5.82. The standard InChI is InChI=1S/C14H16N2O/c15-14-7-2-1-5-12(14)11-17-10-8-13-6-3-4-9-16-13/h1-7,9H,8,10-11,15H2. The Labute approximate surface area is 101 Å². The lowest BCUT2D eigenvalue weighted by atomic mass is 10.2. The molecule has 3 heteroatoms. The zero-order chi connectivity index (χ0) is 11.9. The number of hydrogen-bond donors (Lipinski definition) is 1. The lowest BCUT2D eigenvalue weighted by Crippen LogP contribution is -2.02. The minimum absolute atomic E-state index is 0.555. The number of anilines is 1. The first-order chi connectivity index (χ1) is 8.36. The Morgan fingerprint density at radius 3 is 2.65 bits per heavy atom. The maximum absolute atomic E-state index is 5.82. The summed E-state index contributed by atoms with van der Waals surface area (Å²) in [6.45, 7) is 1.21. The van der Waals surface area contributed by atoms with Crippen LogP contribution in [0.5, 0.6) is 0 Å². The predicted octanol–water partition coefficient (Wildman–Crippen LogP) is 2.42. The van der Waals surface area contributed by atoms with Gasteiger partial charge in [-0.15, -0.1) is 0 Å². The molecule has 0 atom stereocenters. The van der Waals surface area contributed by atoms with Gasteiger partial charge in [0.1, 0.15) is 0 Å². The minimum Gasteiger partial charge on any atom is -0.398 e. The van der Waals surface area contributed by atoms with Crippen molar-refractivity contribution in [3.8, 4) is 0 Å². The van der Waals surface area contributed by atoms with Crippen molar-refractivity contribution in [2.24, 2.45) is 0 Å². The van der Waals surface area contributed by atoms with Gasteiger partial charge in [0, 0.05) is 29.6 Å². The number of benzene rings is 1. The van der Waals surface area contributed by atoms with E-state index in [2.05, 4.69) is 4.98 Å². The van der Waals surface area contributed by atoms with E-state index in [0.29, 0.717) is 13.2 Å². The second-order valence-corrected chi connectivity index (χ2v) is 3.82. The molecule has 2 rings (SSSR count). The predicted molar refractivity (Wildman–Crippen MR) is 68.5 cm³/mol. The molecule has 2 aromatic rings. The SMILES string of the molecule is Nc1ccccc1COCCc1ccccn1. The van der Waals surface area contributed by atoms with Gasteiger partial charge in [-0.05, 0) is 18.2 Å².